The number of benzene rings is 2. The molecule has 2 amide bonds. The number of rotatable bonds is 5. The molecule has 0 aliphatic heterocycles. The smallest absolute Gasteiger partial charge is 0.408 e. The number of hydrogen-bond donors (Lipinski definition) is 2. The first-order valence-electron chi connectivity index (χ1n) is 10.0. The lowest BCUT2D eigenvalue weighted by molar-refractivity contribution is -0.616. The number of nitrogens with zero attached hydrogens (tertiary/aromatic N) is 1. The predicted molar refractivity (Wildman–Crippen MR) is 116 cm³/mol. The van der Waals surface area contributed by atoms with E-state index in [1.165, 1.54) is 30.5 Å². The lowest BCUT2D eigenvalue weighted by Crippen LogP contribution is -2.33. The van der Waals surface area contributed by atoms with Gasteiger partial charge in [0.2, 0.25) is 5.69 Å². The minimum atomic E-state index is -0.813. The Balaban J connectivity index is 1.47. The van der Waals surface area contributed by atoms with Crippen molar-refractivity contribution in [2.45, 2.75) is 25.5 Å². The summed E-state index contributed by atoms with van der Waals surface area (Å²) in [5, 5.41) is 16.7. The highest BCUT2D eigenvalue weighted by atomic mass is 35.5. The van der Waals surface area contributed by atoms with E-state index in [0.717, 1.165) is 12.1 Å². The number of carbonyl (C=O) groups is 2. The van der Waals surface area contributed by atoms with Gasteiger partial charge in [0.25, 0.3) is 5.91 Å². The van der Waals surface area contributed by atoms with Crippen LogP contribution in [-0.4, -0.2) is 12.0 Å². The van der Waals surface area contributed by atoms with Crippen LogP contribution in [0.15, 0.2) is 54.7 Å². The summed E-state index contributed by atoms with van der Waals surface area (Å²) in [4.78, 5) is 25.0. The van der Waals surface area contributed by atoms with E-state index >= 15 is 0 Å². The molecule has 10 heteroatoms. The molecule has 7 nitrogen and oxygen atoms in total. The Morgan fingerprint density at radius 3 is 2.70 bits per heavy atom. The summed E-state index contributed by atoms with van der Waals surface area (Å²) >= 11 is 5.75. The van der Waals surface area contributed by atoms with Crippen LogP contribution in [-0.2, 0) is 17.8 Å². The number of alkyl carbamates (subject to hydrolysis) is 1. The number of amides is 2. The van der Waals surface area contributed by atoms with E-state index in [1.807, 2.05) is 0 Å². The lowest BCUT2D eigenvalue weighted by Gasteiger charge is -2.16. The number of hydrogen-bond acceptors (Lipinski definition) is 4. The van der Waals surface area contributed by atoms with Crippen LogP contribution in [0.1, 0.15) is 39.6 Å². The van der Waals surface area contributed by atoms with Crippen LogP contribution in [0.3, 0.4) is 0 Å². The van der Waals surface area contributed by atoms with Crippen molar-refractivity contribution < 1.29 is 27.8 Å². The van der Waals surface area contributed by atoms with Gasteiger partial charge >= 0.3 is 6.09 Å². The molecule has 1 aromatic heterocycles. The molecule has 0 bridgehead atoms. The van der Waals surface area contributed by atoms with E-state index in [4.69, 9.17) is 16.3 Å². The summed E-state index contributed by atoms with van der Waals surface area (Å²) in [6.07, 6.45) is 1.18. The van der Waals surface area contributed by atoms with Crippen LogP contribution in [0.2, 0.25) is 5.02 Å². The first-order valence-corrected chi connectivity index (χ1v) is 10.4. The molecule has 33 heavy (non-hydrogen) atoms. The number of aromatic nitrogens is 1. The summed E-state index contributed by atoms with van der Waals surface area (Å²) in [6, 6.07) is 10.3. The molecule has 1 aliphatic rings. The zero-order valence-corrected chi connectivity index (χ0v) is 17.9. The molecule has 0 saturated carbocycles. The van der Waals surface area contributed by atoms with Crippen molar-refractivity contribution in [3.8, 4) is 0 Å². The number of pyridine rings is 1. The molecule has 2 N–H and O–H groups in total. The molecule has 1 heterocycles. The van der Waals surface area contributed by atoms with E-state index in [1.54, 1.807) is 12.1 Å². The van der Waals surface area contributed by atoms with Gasteiger partial charge in [-0.3, -0.25) is 4.79 Å². The van der Waals surface area contributed by atoms with Crippen molar-refractivity contribution in [1.82, 2.24) is 5.32 Å². The maximum atomic E-state index is 14.6. The van der Waals surface area contributed by atoms with Crippen molar-refractivity contribution in [3.63, 3.8) is 0 Å². The zero-order valence-electron chi connectivity index (χ0n) is 17.1. The van der Waals surface area contributed by atoms with Gasteiger partial charge in [0, 0.05) is 28.9 Å². The van der Waals surface area contributed by atoms with Crippen LogP contribution in [0.4, 0.5) is 19.3 Å². The number of nitrogens with one attached hydrogen (secondary N) is 2. The van der Waals surface area contributed by atoms with Gasteiger partial charge in [-0.25, -0.2) is 13.6 Å². The molecule has 3 aromatic rings. The standard InChI is InChI=1S/C23H18ClF2N3O4/c24-17-11-13(4-7-18(17)25)27-22(30)16-5-8-19(26)21-15(16)6-9-20(21)28-23(31)33-12-14-3-1-2-10-29(14)32/h1-5,7-8,10-11,20H,6,9,12H2,(H,27,30)(H,28,31)/t20-/m0/s1. The Hall–Kier alpha value is -3.72. The predicted octanol–water partition coefficient (Wildman–Crippen LogP) is 4.42. The third-order valence-corrected chi connectivity index (χ3v) is 5.59. The molecule has 2 aromatic carbocycles. The number of halogens is 3. The number of anilines is 1. The highest BCUT2D eigenvalue weighted by molar-refractivity contribution is 6.31. The maximum Gasteiger partial charge on any atom is 0.408 e. The minimum Gasteiger partial charge on any atom is -0.618 e. The van der Waals surface area contributed by atoms with E-state index in [9.17, 15) is 23.6 Å². The second-order valence-electron chi connectivity index (χ2n) is 7.40. The van der Waals surface area contributed by atoms with Gasteiger partial charge in [0.1, 0.15) is 11.6 Å². The van der Waals surface area contributed by atoms with Crippen molar-refractivity contribution in [2.75, 3.05) is 5.32 Å². The van der Waals surface area contributed by atoms with Gasteiger partial charge in [-0.2, -0.15) is 4.73 Å². The van der Waals surface area contributed by atoms with Gasteiger partial charge in [-0.05, 0) is 54.8 Å². The van der Waals surface area contributed by atoms with Gasteiger partial charge in [0.15, 0.2) is 12.8 Å². The Kier molecular flexibility index (Phi) is 6.41. The molecule has 0 unspecified atom stereocenters. The highest BCUT2D eigenvalue weighted by Crippen LogP contribution is 2.36. The summed E-state index contributed by atoms with van der Waals surface area (Å²) in [5.41, 5.74) is 1.44. The number of fused-ring (bicyclic) bond motifs is 1. The quantitative estimate of drug-likeness (QED) is 0.423. The second kappa shape index (κ2) is 9.41. The lowest BCUT2D eigenvalue weighted by atomic mass is 10.0. The Morgan fingerprint density at radius 1 is 1.15 bits per heavy atom. The minimum absolute atomic E-state index is 0.141. The van der Waals surface area contributed by atoms with Gasteiger partial charge in [-0.15, -0.1) is 0 Å². The monoisotopic (exact) mass is 473 g/mol. The Morgan fingerprint density at radius 2 is 1.94 bits per heavy atom. The fourth-order valence-corrected chi connectivity index (χ4v) is 3.92. The molecular formula is C23H18ClF2N3O4. The SMILES string of the molecule is O=C(N[C@H]1CCc2c(C(=O)Nc3ccc(F)c(Cl)c3)ccc(F)c21)OCc1cccc[n+]1[O-]. The van der Waals surface area contributed by atoms with E-state index < -0.39 is 29.7 Å². The summed E-state index contributed by atoms with van der Waals surface area (Å²) in [5.74, 6) is -1.69. The average Bonchev–Trinajstić information content (AvgIpc) is 3.20. The van der Waals surface area contributed by atoms with Crippen LogP contribution in [0.5, 0.6) is 0 Å². The topological polar surface area (TPSA) is 94.4 Å². The van der Waals surface area contributed by atoms with Crippen molar-refractivity contribution in [2.24, 2.45) is 0 Å². The molecule has 1 aliphatic carbocycles. The van der Waals surface area contributed by atoms with E-state index in [-0.39, 0.29) is 34.1 Å². The molecule has 0 fully saturated rings. The van der Waals surface area contributed by atoms with E-state index in [0.29, 0.717) is 23.1 Å². The second-order valence-corrected chi connectivity index (χ2v) is 7.81. The molecule has 0 radical (unpaired) electrons. The van der Waals surface area contributed by atoms with Crippen LogP contribution in [0.25, 0.3) is 0 Å². The van der Waals surface area contributed by atoms with Crippen LogP contribution in [0, 0.1) is 16.8 Å². The number of carbonyl (C=O) groups excluding carboxylic acids is 2. The fraction of sp³-hybridized carbons (Fsp3) is 0.174. The van der Waals surface area contributed by atoms with Crippen LogP contribution < -0.4 is 15.4 Å². The summed E-state index contributed by atoms with van der Waals surface area (Å²) in [6.45, 7) is -0.249. The van der Waals surface area contributed by atoms with Crippen LogP contribution >= 0.6 is 11.6 Å². The maximum absolute atomic E-state index is 14.6. The molecule has 170 valence electrons. The molecule has 0 spiro atoms. The Labute approximate surface area is 192 Å². The summed E-state index contributed by atoms with van der Waals surface area (Å²) < 4.78 is 33.7. The first-order chi connectivity index (χ1) is 15.8. The third-order valence-electron chi connectivity index (χ3n) is 5.30. The first kappa shape index (κ1) is 22.5. The van der Waals surface area contributed by atoms with Crippen molar-refractivity contribution in [1.29, 1.82) is 0 Å². The average molecular weight is 474 g/mol. The Bertz CT molecular complexity index is 1240. The molecule has 0 saturated heterocycles. The molecule has 1 atom stereocenters. The largest absolute Gasteiger partial charge is 0.618 e. The molecular weight excluding hydrogens is 456 g/mol. The van der Waals surface area contributed by atoms with Gasteiger partial charge < -0.3 is 20.6 Å². The number of ether oxygens (including phenoxy) is 1. The van der Waals surface area contributed by atoms with E-state index in [2.05, 4.69) is 10.6 Å². The normalized spacial score (nSPS) is 14.5. The molecule has 4 rings (SSSR count). The third kappa shape index (κ3) is 4.88. The fourth-order valence-electron chi connectivity index (χ4n) is 3.74. The van der Waals surface area contributed by atoms with Crippen molar-refractivity contribution >= 4 is 29.3 Å². The van der Waals surface area contributed by atoms with Gasteiger partial charge in [-0.1, -0.05) is 11.6 Å². The summed E-state index contributed by atoms with van der Waals surface area (Å²) in [7, 11) is 0. The highest BCUT2D eigenvalue weighted by Gasteiger charge is 2.31. The zero-order chi connectivity index (χ0) is 23.5. The van der Waals surface area contributed by atoms with Gasteiger partial charge in [0.05, 0.1) is 11.1 Å². The van der Waals surface area contributed by atoms with Crippen molar-refractivity contribution in [3.05, 3.63) is 99.0 Å².